The Morgan fingerprint density at radius 1 is 1.56 bits per heavy atom. The van der Waals surface area contributed by atoms with Gasteiger partial charge in [-0.05, 0) is 46.3 Å². The Morgan fingerprint density at radius 2 is 2.31 bits per heavy atom. The molecule has 0 spiro atoms. The van der Waals surface area contributed by atoms with Crippen LogP contribution in [0.5, 0.6) is 5.75 Å². The molecule has 0 saturated carbocycles. The van der Waals surface area contributed by atoms with Crippen molar-refractivity contribution in [2.24, 2.45) is 0 Å². The Kier molecular flexibility index (Phi) is 3.19. The lowest BCUT2D eigenvalue weighted by Gasteiger charge is -2.13. The van der Waals surface area contributed by atoms with E-state index in [1.165, 1.54) is 11.1 Å². The second-order valence-electron chi connectivity index (χ2n) is 3.94. The minimum atomic E-state index is -0.830. The van der Waals surface area contributed by atoms with Crippen LogP contribution in [0.1, 0.15) is 23.1 Å². The molecule has 0 fully saturated rings. The van der Waals surface area contributed by atoms with Crippen molar-refractivity contribution in [3.8, 4) is 5.75 Å². The lowest BCUT2D eigenvalue weighted by Crippen LogP contribution is -2.04. The van der Waals surface area contributed by atoms with Gasteiger partial charge in [-0.3, -0.25) is 4.79 Å². The molecule has 1 aromatic rings. The molecule has 0 heterocycles. The fraction of sp³-hybridized carbons (Fsp3) is 0.417. The number of aryl methyl sites for hydroxylation is 1. The van der Waals surface area contributed by atoms with Crippen LogP contribution in [0.4, 0.5) is 0 Å². The number of hydrogen-bond donors (Lipinski definition) is 1. The lowest BCUT2D eigenvalue weighted by molar-refractivity contribution is -0.136. The number of benzene rings is 1. The standard InChI is InChI=1S/C12H13BrO3/c1-16-12-8(6-10(14)15)5-7-3-2-4-9(7)11(12)13/h5H,2-4,6H2,1H3,(H,14,15). The molecular formula is C12H13BrO3. The second kappa shape index (κ2) is 4.45. The third kappa shape index (κ3) is 1.94. The molecule has 1 aromatic carbocycles. The average molecular weight is 285 g/mol. The first kappa shape index (κ1) is 11.5. The molecule has 0 aromatic heterocycles. The minimum Gasteiger partial charge on any atom is -0.495 e. The highest BCUT2D eigenvalue weighted by molar-refractivity contribution is 9.10. The number of carboxylic acid groups (broad SMARTS) is 1. The van der Waals surface area contributed by atoms with E-state index in [1.54, 1.807) is 7.11 Å². The Balaban J connectivity index is 2.52. The van der Waals surface area contributed by atoms with Crippen molar-refractivity contribution in [2.75, 3.05) is 7.11 Å². The van der Waals surface area contributed by atoms with Gasteiger partial charge in [-0.1, -0.05) is 6.07 Å². The molecule has 16 heavy (non-hydrogen) atoms. The summed E-state index contributed by atoms with van der Waals surface area (Å²) in [5.74, 6) is -0.161. The molecule has 0 radical (unpaired) electrons. The van der Waals surface area contributed by atoms with Crippen LogP contribution in [0, 0.1) is 0 Å². The maximum atomic E-state index is 10.8. The molecule has 0 atom stereocenters. The third-order valence-electron chi connectivity index (χ3n) is 2.91. The van der Waals surface area contributed by atoms with Gasteiger partial charge in [0.2, 0.25) is 0 Å². The summed E-state index contributed by atoms with van der Waals surface area (Å²) in [7, 11) is 1.58. The summed E-state index contributed by atoms with van der Waals surface area (Å²) in [6.45, 7) is 0. The second-order valence-corrected chi connectivity index (χ2v) is 4.74. The fourth-order valence-corrected chi connectivity index (χ4v) is 3.12. The van der Waals surface area contributed by atoms with Crippen molar-refractivity contribution in [1.82, 2.24) is 0 Å². The summed E-state index contributed by atoms with van der Waals surface area (Å²) < 4.78 is 6.22. The number of fused-ring (bicyclic) bond motifs is 1. The smallest absolute Gasteiger partial charge is 0.307 e. The van der Waals surface area contributed by atoms with Gasteiger partial charge in [-0.25, -0.2) is 0 Å². The molecule has 0 unspecified atom stereocenters. The van der Waals surface area contributed by atoms with Crippen LogP contribution >= 0.6 is 15.9 Å². The van der Waals surface area contributed by atoms with Crippen LogP contribution in [-0.4, -0.2) is 18.2 Å². The lowest BCUT2D eigenvalue weighted by atomic mass is 10.0. The molecule has 86 valence electrons. The first-order valence-corrected chi connectivity index (χ1v) is 6.01. The van der Waals surface area contributed by atoms with Gasteiger partial charge in [0, 0.05) is 5.56 Å². The number of ether oxygens (including phenoxy) is 1. The predicted molar refractivity (Wildman–Crippen MR) is 64.1 cm³/mol. The summed E-state index contributed by atoms with van der Waals surface area (Å²) in [5.41, 5.74) is 3.28. The topological polar surface area (TPSA) is 46.5 Å². The maximum absolute atomic E-state index is 10.8. The van der Waals surface area contributed by atoms with E-state index in [0.717, 1.165) is 29.3 Å². The number of carboxylic acids is 1. The summed E-state index contributed by atoms with van der Waals surface area (Å²) in [6, 6.07) is 1.97. The number of carbonyl (C=O) groups is 1. The van der Waals surface area contributed by atoms with E-state index in [1.807, 2.05) is 6.07 Å². The van der Waals surface area contributed by atoms with Gasteiger partial charge < -0.3 is 9.84 Å². The molecule has 4 heteroatoms. The number of methoxy groups -OCH3 is 1. The number of halogens is 1. The first-order chi connectivity index (χ1) is 7.63. The number of hydrogen-bond acceptors (Lipinski definition) is 2. The molecule has 3 nitrogen and oxygen atoms in total. The van der Waals surface area contributed by atoms with Gasteiger partial charge in [0.05, 0.1) is 18.0 Å². The van der Waals surface area contributed by atoms with E-state index in [-0.39, 0.29) is 6.42 Å². The zero-order valence-electron chi connectivity index (χ0n) is 9.05. The van der Waals surface area contributed by atoms with E-state index in [0.29, 0.717) is 5.75 Å². The average Bonchev–Trinajstić information content (AvgIpc) is 2.65. The van der Waals surface area contributed by atoms with Gasteiger partial charge in [-0.15, -0.1) is 0 Å². The van der Waals surface area contributed by atoms with Crippen LogP contribution in [-0.2, 0) is 24.1 Å². The van der Waals surface area contributed by atoms with Crippen molar-refractivity contribution in [3.05, 3.63) is 27.2 Å². The van der Waals surface area contributed by atoms with E-state index in [9.17, 15) is 4.79 Å². The molecule has 0 bridgehead atoms. The van der Waals surface area contributed by atoms with Crippen molar-refractivity contribution in [2.45, 2.75) is 25.7 Å². The zero-order chi connectivity index (χ0) is 11.7. The third-order valence-corrected chi connectivity index (χ3v) is 3.75. The van der Waals surface area contributed by atoms with Crippen LogP contribution in [0.25, 0.3) is 0 Å². The summed E-state index contributed by atoms with van der Waals surface area (Å²) in [4.78, 5) is 10.8. The molecular weight excluding hydrogens is 272 g/mol. The van der Waals surface area contributed by atoms with Gasteiger partial charge in [-0.2, -0.15) is 0 Å². The molecule has 1 N–H and O–H groups in total. The quantitative estimate of drug-likeness (QED) is 0.928. The van der Waals surface area contributed by atoms with Gasteiger partial charge in [0.1, 0.15) is 5.75 Å². The normalized spacial score (nSPS) is 13.6. The van der Waals surface area contributed by atoms with E-state index in [4.69, 9.17) is 9.84 Å². The van der Waals surface area contributed by atoms with Crippen molar-refractivity contribution in [3.63, 3.8) is 0 Å². The Bertz CT molecular complexity index is 440. The monoisotopic (exact) mass is 284 g/mol. The van der Waals surface area contributed by atoms with Crippen molar-refractivity contribution < 1.29 is 14.6 Å². The SMILES string of the molecule is COc1c(CC(=O)O)cc2c(c1Br)CCC2. The first-order valence-electron chi connectivity index (χ1n) is 5.22. The summed E-state index contributed by atoms with van der Waals surface area (Å²) >= 11 is 3.52. The fourth-order valence-electron chi connectivity index (χ4n) is 2.25. The van der Waals surface area contributed by atoms with Crippen LogP contribution in [0.15, 0.2) is 10.5 Å². The van der Waals surface area contributed by atoms with E-state index >= 15 is 0 Å². The Morgan fingerprint density at radius 3 is 2.94 bits per heavy atom. The highest BCUT2D eigenvalue weighted by Crippen LogP contribution is 2.39. The van der Waals surface area contributed by atoms with Crippen LogP contribution in [0.2, 0.25) is 0 Å². The van der Waals surface area contributed by atoms with Crippen molar-refractivity contribution >= 4 is 21.9 Å². The number of aliphatic carboxylic acids is 1. The highest BCUT2D eigenvalue weighted by atomic mass is 79.9. The summed E-state index contributed by atoms with van der Waals surface area (Å²) in [5, 5.41) is 8.86. The van der Waals surface area contributed by atoms with E-state index < -0.39 is 5.97 Å². The molecule has 0 saturated heterocycles. The molecule has 2 rings (SSSR count). The molecule has 1 aliphatic rings. The molecule has 1 aliphatic carbocycles. The largest absolute Gasteiger partial charge is 0.495 e. The maximum Gasteiger partial charge on any atom is 0.307 e. The zero-order valence-corrected chi connectivity index (χ0v) is 10.6. The van der Waals surface area contributed by atoms with Gasteiger partial charge in [0.25, 0.3) is 0 Å². The van der Waals surface area contributed by atoms with Crippen LogP contribution < -0.4 is 4.74 Å². The minimum absolute atomic E-state index is 0.00898. The van der Waals surface area contributed by atoms with E-state index in [2.05, 4.69) is 15.9 Å². The Labute approximate surface area is 103 Å². The highest BCUT2D eigenvalue weighted by Gasteiger charge is 2.21. The predicted octanol–water partition coefficient (Wildman–Crippen LogP) is 2.57. The molecule has 0 amide bonds. The summed E-state index contributed by atoms with van der Waals surface area (Å²) in [6.07, 6.45) is 3.22. The van der Waals surface area contributed by atoms with Gasteiger partial charge in [0.15, 0.2) is 0 Å². The van der Waals surface area contributed by atoms with Crippen LogP contribution in [0.3, 0.4) is 0 Å². The molecule has 0 aliphatic heterocycles. The number of rotatable bonds is 3. The Hall–Kier alpha value is -1.03. The van der Waals surface area contributed by atoms with Crippen molar-refractivity contribution in [1.29, 1.82) is 0 Å². The van der Waals surface area contributed by atoms with Gasteiger partial charge >= 0.3 is 5.97 Å².